The van der Waals surface area contributed by atoms with Crippen LogP contribution in [0.25, 0.3) is 0 Å². The maximum Gasteiger partial charge on any atom is 0.337 e. The van der Waals surface area contributed by atoms with Crippen molar-refractivity contribution >= 4 is 40.8 Å². The Morgan fingerprint density at radius 3 is 2.45 bits per heavy atom. The first-order valence-corrected chi connectivity index (χ1v) is 6.04. The third-order valence-electron chi connectivity index (χ3n) is 2.32. The van der Waals surface area contributed by atoms with Crippen LogP contribution in [0.4, 0.5) is 5.69 Å². The number of aromatic nitrogens is 2. The summed E-state index contributed by atoms with van der Waals surface area (Å²) in [5, 5.41) is 11.6. The van der Waals surface area contributed by atoms with Gasteiger partial charge in [0.1, 0.15) is 10.3 Å². The Bertz CT molecular complexity index is 671. The summed E-state index contributed by atoms with van der Waals surface area (Å²) >= 11 is 11.4. The average molecular weight is 312 g/mol. The van der Waals surface area contributed by atoms with Crippen LogP contribution < -0.4 is 5.32 Å². The van der Waals surface area contributed by atoms with E-state index in [0.29, 0.717) is 0 Å². The number of carboxylic acid groups (broad SMARTS) is 1. The van der Waals surface area contributed by atoms with Gasteiger partial charge < -0.3 is 10.4 Å². The third-order valence-corrected chi connectivity index (χ3v) is 2.71. The molecule has 0 saturated heterocycles. The van der Waals surface area contributed by atoms with E-state index in [9.17, 15) is 9.59 Å². The molecular weight excluding hydrogens is 305 g/mol. The number of hydrogen-bond acceptors (Lipinski definition) is 4. The number of anilines is 1. The Morgan fingerprint density at radius 2 is 1.85 bits per heavy atom. The number of hydrogen-bond donors (Lipinski definition) is 2. The van der Waals surface area contributed by atoms with Gasteiger partial charge in [0.05, 0.1) is 17.4 Å². The molecule has 2 heterocycles. The summed E-state index contributed by atoms with van der Waals surface area (Å²) in [6.07, 6.45) is 2.56. The molecule has 2 N–H and O–H groups in total. The van der Waals surface area contributed by atoms with E-state index < -0.39 is 11.9 Å². The summed E-state index contributed by atoms with van der Waals surface area (Å²) in [4.78, 5) is 30.5. The van der Waals surface area contributed by atoms with Gasteiger partial charge in [-0.15, -0.1) is 0 Å². The molecule has 0 bridgehead atoms. The molecule has 0 saturated carbocycles. The molecule has 2 aromatic heterocycles. The van der Waals surface area contributed by atoms with Crippen LogP contribution in [0.3, 0.4) is 0 Å². The Kier molecular flexibility index (Phi) is 4.16. The number of carbonyl (C=O) groups is 2. The molecule has 102 valence electrons. The molecule has 6 nitrogen and oxygen atoms in total. The molecule has 0 unspecified atom stereocenters. The normalized spacial score (nSPS) is 10.1. The molecule has 8 heteroatoms. The number of amides is 1. The molecule has 0 aliphatic heterocycles. The minimum atomic E-state index is -1.17. The van der Waals surface area contributed by atoms with E-state index in [1.165, 1.54) is 30.6 Å². The topological polar surface area (TPSA) is 92.2 Å². The van der Waals surface area contributed by atoms with Crippen LogP contribution in [-0.4, -0.2) is 27.0 Å². The lowest BCUT2D eigenvalue weighted by Gasteiger charge is -2.08. The monoisotopic (exact) mass is 311 g/mol. The lowest BCUT2D eigenvalue weighted by Crippen LogP contribution is -2.15. The molecule has 0 aliphatic rings. The van der Waals surface area contributed by atoms with Crippen molar-refractivity contribution in [3.05, 3.63) is 52.0 Å². The van der Waals surface area contributed by atoms with Gasteiger partial charge in [0.2, 0.25) is 0 Å². The lowest BCUT2D eigenvalue weighted by atomic mass is 10.2. The van der Waals surface area contributed by atoms with Gasteiger partial charge >= 0.3 is 5.97 Å². The molecule has 0 aromatic carbocycles. The summed E-state index contributed by atoms with van der Waals surface area (Å²) in [6, 6.07) is 3.92. The van der Waals surface area contributed by atoms with Crippen LogP contribution in [0.2, 0.25) is 10.3 Å². The Hall–Kier alpha value is -2.18. The van der Waals surface area contributed by atoms with E-state index >= 15 is 0 Å². The first-order chi connectivity index (χ1) is 9.47. The highest BCUT2D eigenvalue weighted by Gasteiger charge is 2.14. The quantitative estimate of drug-likeness (QED) is 0.850. The number of rotatable bonds is 3. The molecule has 1 amide bonds. The van der Waals surface area contributed by atoms with Gasteiger partial charge in [0.25, 0.3) is 5.91 Å². The van der Waals surface area contributed by atoms with Crippen LogP contribution in [0.1, 0.15) is 20.7 Å². The fourth-order valence-electron chi connectivity index (χ4n) is 1.47. The highest BCUT2D eigenvalue weighted by molar-refractivity contribution is 6.33. The fraction of sp³-hybridized carbons (Fsp3) is 0. The van der Waals surface area contributed by atoms with Crippen molar-refractivity contribution in [1.29, 1.82) is 0 Å². The van der Waals surface area contributed by atoms with Crippen molar-refractivity contribution in [2.75, 3.05) is 5.32 Å². The van der Waals surface area contributed by atoms with Gasteiger partial charge in [-0.1, -0.05) is 23.2 Å². The second-order valence-corrected chi connectivity index (χ2v) is 4.46. The molecule has 0 aliphatic carbocycles. The van der Waals surface area contributed by atoms with Crippen LogP contribution in [0.15, 0.2) is 30.6 Å². The van der Waals surface area contributed by atoms with Crippen molar-refractivity contribution < 1.29 is 14.7 Å². The number of aromatic carboxylic acids is 1. The zero-order valence-corrected chi connectivity index (χ0v) is 11.3. The van der Waals surface area contributed by atoms with Crippen molar-refractivity contribution in [2.24, 2.45) is 0 Å². The predicted octanol–water partition coefficient (Wildman–Crippen LogP) is 2.73. The van der Waals surface area contributed by atoms with Gasteiger partial charge in [0.15, 0.2) is 0 Å². The highest BCUT2D eigenvalue weighted by atomic mass is 35.5. The van der Waals surface area contributed by atoms with Crippen LogP contribution in [-0.2, 0) is 0 Å². The van der Waals surface area contributed by atoms with Crippen molar-refractivity contribution in [1.82, 2.24) is 9.97 Å². The molecular formula is C12H7Cl2N3O3. The molecule has 20 heavy (non-hydrogen) atoms. The Labute approximate surface area is 123 Å². The Morgan fingerprint density at radius 1 is 1.20 bits per heavy atom. The maximum atomic E-state index is 12.0. The first kappa shape index (κ1) is 14.2. The summed E-state index contributed by atoms with van der Waals surface area (Å²) in [5.41, 5.74) is 0.170. The minimum absolute atomic E-state index is 0.0623. The average Bonchev–Trinajstić information content (AvgIpc) is 2.37. The molecule has 2 rings (SSSR count). The SMILES string of the molecule is O=C(Nc1cnccc1C(=O)O)c1cc(Cl)nc(Cl)c1. The van der Waals surface area contributed by atoms with E-state index in [-0.39, 0.29) is 27.1 Å². The second kappa shape index (κ2) is 5.85. The molecule has 0 fully saturated rings. The van der Waals surface area contributed by atoms with Gasteiger partial charge in [0, 0.05) is 11.8 Å². The molecule has 2 aromatic rings. The van der Waals surface area contributed by atoms with E-state index in [0.717, 1.165) is 0 Å². The van der Waals surface area contributed by atoms with Crippen LogP contribution in [0, 0.1) is 0 Å². The Balaban J connectivity index is 2.30. The predicted molar refractivity (Wildman–Crippen MR) is 73.4 cm³/mol. The number of halogens is 2. The van der Waals surface area contributed by atoms with E-state index in [2.05, 4.69) is 15.3 Å². The number of carbonyl (C=O) groups excluding carboxylic acids is 1. The van der Waals surface area contributed by atoms with E-state index in [1.807, 2.05) is 0 Å². The van der Waals surface area contributed by atoms with Crippen molar-refractivity contribution in [3.63, 3.8) is 0 Å². The van der Waals surface area contributed by atoms with E-state index in [4.69, 9.17) is 28.3 Å². The number of carboxylic acids is 1. The molecule has 0 radical (unpaired) electrons. The van der Waals surface area contributed by atoms with Crippen LogP contribution >= 0.6 is 23.2 Å². The summed E-state index contributed by atoms with van der Waals surface area (Å²) in [5.74, 6) is -1.74. The second-order valence-electron chi connectivity index (χ2n) is 3.68. The number of nitrogens with zero attached hydrogens (tertiary/aromatic N) is 2. The van der Waals surface area contributed by atoms with Gasteiger partial charge in [-0.3, -0.25) is 9.78 Å². The smallest absolute Gasteiger partial charge is 0.337 e. The lowest BCUT2D eigenvalue weighted by molar-refractivity contribution is 0.0698. The highest BCUT2D eigenvalue weighted by Crippen LogP contribution is 2.18. The minimum Gasteiger partial charge on any atom is -0.478 e. The van der Waals surface area contributed by atoms with Crippen LogP contribution in [0.5, 0.6) is 0 Å². The molecule has 0 spiro atoms. The number of nitrogens with one attached hydrogen (secondary N) is 1. The zero-order valence-electron chi connectivity index (χ0n) is 9.80. The zero-order chi connectivity index (χ0) is 14.7. The largest absolute Gasteiger partial charge is 0.478 e. The maximum absolute atomic E-state index is 12.0. The van der Waals surface area contributed by atoms with Gasteiger partial charge in [-0.25, -0.2) is 9.78 Å². The first-order valence-electron chi connectivity index (χ1n) is 5.29. The summed E-state index contributed by atoms with van der Waals surface area (Å²) < 4.78 is 0. The fourth-order valence-corrected chi connectivity index (χ4v) is 1.93. The van der Waals surface area contributed by atoms with Gasteiger partial charge in [-0.2, -0.15) is 0 Å². The summed E-state index contributed by atoms with van der Waals surface area (Å²) in [6.45, 7) is 0. The number of pyridine rings is 2. The van der Waals surface area contributed by atoms with Crippen molar-refractivity contribution in [2.45, 2.75) is 0 Å². The van der Waals surface area contributed by atoms with Gasteiger partial charge in [-0.05, 0) is 18.2 Å². The van der Waals surface area contributed by atoms with Crippen molar-refractivity contribution in [3.8, 4) is 0 Å². The summed E-state index contributed by atoms with van der Waals surface area (Å²) in [7, 11) is 0. The molecule has 0 atom stereocenters. The standard InChI is InChI=1S/C12H7Cl2N3O3/c13-9-3-6(4-10(14)17-9)11(18)16-8-5-15-2-1-7(8)12(19)20/h1-5H,(H,16,18)(H,19,20). The third kappa shape index (κ3) is 3.23. The van der Waals surface area contributed by atoms with E-state index in [1.54, 1.807) is 0 Å².